The van der Waals surface area contributed by atoms with E-state index in [4.69, 9.17) is 10.6 Å². The van der Waals surface area contributed by atoms with Gasteiger partial charge in [-0.2, -0.15) is 0 Å². The van der Waals surface area contributed by atoms with E-state index in [1.807, 2.05) is 6.08 Å². The number of azide groups is 1. The molecule has 13 heavy (non-hydrogen) atoms. The minimum absolute atomic E-state index is 0.117. The molecule has 0 aliphatic carbocycles. The van der Waals surface area contributed by atoms with Crippen molar-refractivity contribution in [1.29, 1.82) is 0 Å². The van der Waals surface area contributed by atoms with Crippen LogP contribution in [0.1, 0.15) is 32.6 Å². The summed E-state index contributed by atoms with van der Waals surface area (Å²) in [7, 11) is 0. The molecule has 0 amide bonds. The predicted molar refractivity (Wildman–Crippen MR) is 53.3 cm³/mol. The van der Waals surface area contributed by atoms with Crippen molar-refractivity contribution in [3.63, 3.8) is 0 Å². The molecule has 4 nitrogen and oxygen atoms in total. The van der Waals surface area contributed by atoms with E-state index < -0.39 is 6.04 Å². The standard InChI is InChI=1S/C9H17N3O/c1-2-3-4-5-6-7-9(8-13)11-12-10/h6-7,9,13H,2-5,8H2,1H3/b7-6+. The van der Waals surface area contributed by atoms with Gasteiger partial charge in [0.2, 0.25) is 0 Å². The average molecular weight is 183 g/mol. The first-order valence-electron chi connectivity index (χ1n) is 4.66. The molecule has 0 bridgehead atoms. The molecule has 0 aliphatic rings. The lowest BCUT2D eigenvalue weighted by molar-refractivity contribution is 0.283. The number of hydrogen-bond acceptors (Lipinski definition) is 2. The van der Waals surface area contributed by atoms with Crippen LogP contribution in [-0.2, 0) is 0 Å². The van der Waals surface area contributed by atoms with Crippen LogP contribution in [0.4, 0.5) is 0 Å². The van der Waals surface area contributed by atoms with E-state index in [2.05, 4.69) is 16.9 Å². The molecule has 1 unspecified atom stereocenters. The van der Waals surface area contributed by atoms with Gasteiger partial charge in [0.1, 0.15) is 0 Å². The lowest BCUT2D eigenvalue weighted by Crippen LogP contribution is -2.04. The van der Waals surface area contributed by atoms with E-state index in [9.17, 15) is 0 Å². The zero-order valence-corrected chi connectivity index (χ0v) is 8.06. The Labute approximate surface area is 78.9 Å². The lowest BCUT2D eigenvalue weighted by atomic mass is 10.2. The molecule has 0 fully saturated rings. The van der Waals surface area contributed by atoms with Crippen molar-refractivity contribution in [3.05, 3.63) is 22.6 Å². The molecule has 1 atom stereocenters. The van der Waals surface area contributed by atoms with Crippen LogP contribution in [0.3, 0.4) is 0 Å². The molecule has 0 aromatic carbocycles. The van der Waals surface area contributed by atoms with Crippen molar-refractivity contribution in [2.45, 2.75) is 38.6 Å². The number of nitrogens with zero attached hydrogens (tertiary/aromatic N) is 3. The number of allylic oxidation sites excluding steroid dienone is 1. The average Bonchev–Trinajstić information content (AvgIpc) is 2.16. The topological polar surface area (TPSA) is 69.0 Å². The quantitative estimate of drug-likeness (QED) is 0.213. The summed E-state index contributed by atoms with van der Waals surface area (Å²) in [6.45, 7) is 2.04. The van der Waals surface area contributed by atoms with Crippen LogP contribution in [0.25, 0.3) is 10.4 Å². The van der Waals surface area contributed by atoms with Crippen LogP contribution in [0.2, 0.25) is 0 Å². The maximum absolute atomic E-state index is 8.74. The second kappa shape index (κ2) is 9.10. The smallest absolute Gasteiger partial charge is 0.0786 e. The molecular formula is C9H17N3O. The Balaban J connectivity index is 3.60. The largest absolute Gasteiger partial charge is 0.396 e. The summed E-state index contributed by atoms with van der Waals surface area (Å²) in [5.41, 5.74) is 8.12. The van der Waals surface area contributed by atoms with Gasteiger partial charge in [-0.1, -0.05) is 37.0 Å². The van der Waals surface area contributed by atoms with Gasteiger partial charge in [0.15, 0.2) is 0 Å². The van der Waals surface area contributed by atoms with E-state index in [0.29, 0.717) is 0 Å². The monoisotopic (exact) mass is 183 g/mol. The van der Waals surface area contributed by atoms with E-state index in [1.54, 1.807) is 6.08 Å². The van der Waals surface area contributed by atoms with Crippen LogP contribution in [0, 0.1) is 0 Å². The summed E-state index contributed by atoms with van der Waals surface area (Å²) in [5, 5.41) is 12.1. The fourth-order valence-corrected chi connectivity index (χ4v) is 0.968. The summed E-state index contributed by atoms with van der Waals surface area (Å²) in [5.74, 6) is 0. The highest BCUT2D eigenvalue weighted by Gasteiger charge is 1.96. The number of aliphatic hydroxyl groups excluding tert-OH is 1. The van der Waals surface area contributed by atoms with Gasteiger partial charge in [0.25, 0.3) is 0 Å². The highest BCUT2D eigenvalue weighted by atomic mass is 16.3. The second-order valence-electron chi connectivity index (χ2n) is 2.88. The van der Waals surface area contributed by atoms with Gasteiger partial charge in [-0.25, -0.2) is 0 Å². The highest BCUT2D eigenvalue weighted by Crippen LogP contribution is 2.01. The molecule has 74 valence electrons. The molecule has 0 saturated heterocycles. The van der Waals surface area contributed by atoms with Gasteiger partial charge in [0.05, 0.1) is 12.6 Å². The van der Waals surface area contributed by atoms with Crippen LogP contribution in [0.15, 0.2) is 17.3 Å². The Bertz CT molecular complexity index is 185. The lowest BCUT2D eigenvalue weighted by Gasteiger charge is -1.98. The van der Waals surface area contributed by atoms with Crippen molar-refractivity contribution in [1.82, 2.24) is 0 Å². The molecule has 0 radical (unpaired) electrons. The predicted octanol–water partition coefficient (Wildman–Crippen LogP) is 2.79. The van der Waals surface area contributed by atoms with Crippen molar-refractivity contribution in [2.75, 3.05) is 6.61 Å². The van der Waals surface area contributed by atoms with Gasteiger partial charge in [-0.05, 0) is 18.4 Å². The summed E-state index contributed by atoms with van der Waals surface area (Å²) in [6.07, 6.45) is 8.29. The van der Waals surface area contributed by atoms with Crippen LogP contribution in [-0.4, -0.2) is 17.8 Å². The molecule has 0 aromatic heterocycles. The molecule has 0 aromatic rings. The Hall–Kier alpha value is -0.990. The third kappa shape index (κ3) is 7.37. The first kappa shape index (κ1) is 12.0. The SMILES string of the molecule is CCCCC/C=C/C(CO)N=[N+]=[N-]. The van der Waals surface area contributed by atoms with Gasteiger partial charge >= 0.3 is 0 Å². The third-order valence-corrected chi connectivity index (χ3v) is 1.72. The van der Waals surface area contributed by atoms with Crippen LogP contribution >= 0.6 is 0 Å². The summed E-state index contributed by atoms with van der Waals surface area (Å²) in [4.78, 5) is 2.64. The zero-order valence-electron chi connectivity index (χ0n) is 8.06. The highest BCUT2D eigenvalue weighted by molar-refractivity contribution is 4.93. The molecule has 1 N–H and O–H groups in total. The Morgan fingerprint density at radius 3 is 2.85 bits per heavy atom. The van der Waals surface area contributed by atoms with Gasteiger partial charge < -0.3 is 5.11 Å². The maximum Gasteiger partial charge on any atom is 0.0786 e. The van der Waals surface area contributed by atoms with Crippen molar-refractivity contribution in [3.8, 4) is 0 Å². The Morgan fingerprint density at radius 1 is 1.54 bits per heavy atom. The molecule has 0 rings (SSSR count). The van der Waals surface area contributed by atoms with Crippen molar-refractivity contribution < 1.29 is 5.11 Å². The van der Waals surface area contributed by atoms with Crippen LogP contribution < -0.4 is 0 Å². The van der Waals surface area contributed by atoms with Crippen molar-refractivity contribution >= 4 is 0 Å². The summed E-state index contributed by atoms with van der Waals surface area (Å²) < 4.78 is 0. The number of hydrogen-bond donors (Lipinski definition) is 1. The van der Waals surface area contributed by atoms with Gasteiger partial charge in [-0.3, -0.25) is 0 Å². The minimum Gasteiger partial charge on any atom is -0.396 e. The normalized spacial score (nSPS) is 12.8. The fraction of sp³-hybridized carbons (Fsp3) is 0.778. The molecule has 0 aliphatic heterocycles. The first-order chi connectivity index (χ1) is 6.35. The summed E-state index contributed by atoms with van der Waals surface area (Å²) in [6, 6.07) is -0.397. The molecule has 4 heteroatoms. The molecule has 0 spiro atoms. The van der Waals surface area contributed by atoms with Crippen molar-refractivity contribution in [2.24, 2.45) is 5.11 Å². The van der Waals surface area contributed by atoms with Gasteiger partial charge in [-0.15, -0.1) is 0 Å². The van der Waals surface area contributed by atoms with E-state index in [-0.39, 0.29) is 6.61 Å². The first-order valence-corrected chi connectivity index (χ1v) is 4.66. The molecule has 0 saturated carbocycles. The Morgan fingerprint density at radius 2 is 2.31 bits per heavy atom. The van der Waals surface area contributed by atoms with E-state index in [0.717, 1.165) is 12.8 Å². The summed E-state index contributed by atoms with van der Waals surface area (Å²) >= 11 is 0. The number of aliphatic hydroxyl groups is 1. The van der Waals surface area contributed by atoms with E-state index >= 15 is 0 Å². The molecule has 0 heterocycles. The molecular weight excluding hydrogens is 166 g/mol. The fourth-order valence-electron chi connectivity index (χ4n) is 0.968. The number of unbranched alkanes of at least 4 members (excludes halogenated alkanes) is 3. The maximum atomic E-state index is 8.74. The number of rotatable bonds is 7. The third-order valence-electron chi connectivity index (χ3n) is 1.72. The Kier molecular flexibility index (Phi) is 8.41. The van der Waals surface area contributed by atoms with Crippen LogP contribution in [0.5, 0.6) is 0 Å². The zero-order chi connectivity index (χ0) is 9.94. The van der Waals surface area contributed by atoms with Gasteiger partial charge in [0, 0.05) is 4.91 Å². The second-order valence-corrected chi connectivity index (χ2v) is 2.88. The minimum atomic E-state index is -0.397. The van der Waals surface area contributed by atoms with E-state index in [1.165, 1.54) is 12.8 Å².